The molecule has 3 N–H and O–H groups in total. The smallest absolute Gasteiger partial charge is 0.318 e. The molecule has 1 aliphatic rings. The van der Waals surface area contributed by atoms with Crippen LogP contribution < -0.4 is 15.8 Å². The molecule has 140 valence electrons. The van der Waals surface area contributed by atoms with E-state index in [4.69, 9.17) is 10.5 Å². The van der Waals surface area contributed by atoms with Crippen LogP contribution in [0.1, 0.15) is 0 Å². The summed E-state index contributed by atoms with van der Waals surface area (Å²) < 4.78 is 21.2. The van der Waals surface area contributed by atoms with Crippen LogP contribution in [0.4, 0.5) is 10.1 Å². The van der Waals surface area contributed by atoms with Gasteiger partial charge >= 0.3 is 5.70 Å². The number of hydrogen-bond acceptors (Lipinski definition) is 4. The van der Waals surface area contributed by atoms with E-state index in [0.29, 0.717) is 30.2 Å². The van der Waals surface area contributed by atoms with Crippen LogP contribution in [0.25, 0.3) is 10.9 Å². The van der Waals surface area contributed by atoms with E-state index >= 15 is 0 Å². The molecular formula is C21H18FN4O2+. The van der Waals surface area contributed by atoms with E-state index in [1.165, 1.54) is 18.2 Å². The number of fused-ring (bicyclic) bond motifs is 1. The second-order valence-electron chi connectivity index (χ2n) is 6.25. The number of hydrogen-bond donors (Lipinski definition) is 2. The van der Waals surface area contributed by atoms with Crippen molar-refractivity contribution in [2.75, 3.05) is 18.4 Å². The summed E-state index contributed by atoms with van der Waals surface area (Å²) in [6, 6.07) is 14.9. The number of amides is 1. The number of nitrogens with zero attached hydrogens (tertiary/aromatic N) is 2. The maximum atomic E-state index is 13.4. The van der Waals surface area contributed by atoms with Crippen LogP contribution in [-0.4, -0.2) is 34.8 Å². The number of nitrogens with one attached hydrogen (secondary N) is 1. The van der Waals surface area contributed by atoms with Gasteiger partial charge < -0.3 is 15.8 Å². The average Bonchev–Trinajstić information content (AvgIpc) is 3.45. The summed E-state index contributed by atoms with van der Waals surface area (Å²) >= 11 is 0. The number of aromatic nitrogens is 1. The van der Waals surface area contributed by atoms with Gasteiger partial charge in [0.2, 0.25) is 6.21 Å². The molecule has 1 aliphatic heterocycles. The second kappa shape index (κ2) is 7.58. The monoisotopic (exact) mass is 377 g/mol. The molecule has 0 saturated heterocycles. The second-order valence-corrected chi connectivity index (χ2v) is 6.25. The minimum Gasteiger partial charge on any atom is -0.445 e. The molecule has 0 atom stereocenters. The van der Waals surface area contributed by atoms with Gasteiger partial charge in [0.15, 0.2) is 6.54 Å². The number of rotatable bonds is 6. The minimum atomic E-state index is -0.475. The lowest BCUT2D eigenvalue weighted by atomic mass is 10.2. The number of ether oxygens (including phenoxy) is 1. The van der Waals surface area contributed by atoms with Gasteiger partial charge in [-0.05, 0) is 36.4 Å². The van der Waals surface area contributed by atoms with Crippen molar-refractivity contribution in [3.05, 3.63) is 78.1 Å². The van der Waals surface area contributed by atoms with Crippen molar-refractivity contribution in [1.29, 1.82) is 0 Å². The zero-order valence-electron chi connectivity index (χ0n) is 14.9. The van der Waals surface area contributed by atoms with Gasteiger partial charge in [0.05, 0.1) is 12.1 Å². The predicted molar refractivity (Wildman–Crippen MR) is 105 cm³/mol. The van der Waals surface area contributed by atoms with Crippen molar-refractivity contribution in [2.24, 2.45) is 5.73 Å². The molecule has 6 nitrogen and oxygen atoms in total. The Balaban J connectivity index is 1.61. The van der Waals surface area contributed by atoms with Crippen molar-refractivity contribution in [3.63, 3.8) is 0 Å². The van der Waals surface area contributed by atoms with Gasteiger partial charge in [0.25, 0.3) is 11.7 Å². The number of carbonyl (C=O) groups excluding carboxylic acids is 1. The Labute approximate surface area is 160 Å². The highest BCUT2D eigenvalue weighted by atomic mass is 19.1. The van der Waals surface area contributed by atoms with Gasteiger partial charge in [-0.15, -0.1) is 0 Å². The normalized spacial score (nSPS) is 14.4. The fourth-order valence-electron chi connectivity index (χ4n) is 2.83. The Morgan fingerprint density at radius 1 is 1.18 bits per heavy atom. The molecule has 2 aromatic carbocycles. The molecule has 0 unspecified atom stereocenters. The van der Waals surface area contributed by atoms with Gasteiger partial charge in [0.1, 0.15) is 11.6 Å². The first kappa shape index (κ1) is 17.8. The zero-order chi connectivity index (χ0) is 19.5. The van der Waals surface area contributed by atoms with Crippen LogP contribution in [0.3, 0.4) is 0 Å². The lowest BCUT2D eigenvalue weighted by Crippen LogP contribution is -2.20. The van der Waals surface area contributed by atoms with Crippen molar-refractivity contribution in [1.82, 2.24) is 4.98 Å². The predicted octanol–water partition coefficient (Wildman–Crippen LogP) is 2.66. The lowest BCUT2D eigenvalue weighted by molar-refractivity contribution is -0.402. The standard InChI is InChI=1S/C21H17FN4O2/c22-15-4-1-5-16(11-15)25-21(27)20(19-13-26(19)10-8-23)28-17-7-6-14-3-2-9-24-18(14)12-17/h1-7,9,11-13H,8,10,23H2/p+1/b20-19-. The molecule has 1 aromatic heterocycles. The summed E-state index contributed by atoms with van der Waals surface area (Å²) in [6.07, 6.45) is 3.48. The fourth-order valence-corrected chi connectivity index (χ4v) is 2.83. The molecule has 28 heavy (non-hydrogen) atoms. The number of allylic oxidation sites excluding steroid dienone is 1. The third-order valence-electron chi connectivity index (χ3n) is 4.21. The topological polar surface area (TPSA) is 80.2 Å². The Hall–Kier alpha value is -3.58. The van der Waals surface area contributed by atoms with E-state index < -0.39 is 11.7 Å². The van der Waals surface area contributed by atoms with E-state index in [1.807, 2.05) is 22.8 Å². The van der Waals surface area contributed by atoms with Gasteiger partial charge in [-0.1, -0.05) is 12.1 Å². The number of nitrogens with two attached hydrogens (primary N) is 1. The van der Waals surface area contributed by atoms with Crippen molar-refractivity contribution < 1.29 is 18.5 Å². The number of carbonyl (C=O) groups is 1. The Kier molecular flexibility index (Phi) is 4.82. The van der Waals surface area contributed by atoms with Crippen LogP contribution in [0.2, 0.25) is 0 Å². The fraction of sp³-hybridized carbons (Fsp3) is 0.0952. The van der Waals surface area contributed by atoms with E-state index in [2.05, 4.69) is 10.3 Å². The van der Waals surface area contributed by atoms with Crippen LogP contribution in [0.5, 0.6) is 5.75 Å². The first-order valence-electron chi connectivity index (χ1n) is 8.79. The first-order chi connectivity index (χ1) is 13.6. The molecule has 1 amide bonds. The SMILES string of the molecule is NCC[N+]1=CC/1=C(/Oc1ccc2cccnc2c1)C(=O)Nc1cccc(F)c1. The summed E-state index contributed by atoms with van der Waals surface area (Å²) in [5, 5.41) is 3.64. The highest BCUT2D eigenvalue weighted by molar-refractivity contribution is 6.07. The number of benzene rings is 2. The number of pyridine rings is 1. The van der Waals surface area contributed by atoms with Crippen LogP contribution in [0, 0.1) is 5.82 Å². The summed E-state index contributed by atoms with van der Waals surface area (Å²) in [4.78, 5) is 17.1. The van der Waals surface area contributed by atoms with Crippen LogP contribution in [0.15, 0.2) is 72.3 Å². The first-order valence-corrected chi connectivity index (χ1v) is 8.79. The molecular weight excluding hydrogens is 359 g/mol. The molecule has 7 heteroatoms. The molecule has 0 spiro atoms. The van der Waals surface area contributed by atoms with Crippen molar-refractivity contribution in [3.8, 4) is 5.75 Å². The van der Waals surface area contributed by atoms with Gasteiger partial charge in [-0.3, -0.25) is 9.78 Å². The summed E-state index contributed by atoms with van der Waals surface area (Å²) in [7, 11) is 0. The molecule has 2 heterocycles. The highest BCUT2D eigenvalue weighted by Crippen LogP contribution is 2.24. The number of halogens is 1. The maximum absolute atomic E-state index is 13.4. The van der Waals surface area contributed by atoms with E-state index in [0.717, 1.165) is 10.9 Å². The van der Waals surface area contributed by atoms with Crippen LogP contribution in [-0.2, 0) is 4.79 Å². The summed E-state index contributed by atoms with van der Waals surface area (Å²) in [6.45, 7) is 1.02. The molecule has 3 aromatic rings. The van der Waals surface area contributed by atoms with Crippen LogP contribution >= 0.6 is 0 Å². The van der Waals surface area contributed by atoms with Gasteiger partial charge in [-0.25, -0.2) is 4.39 Å². The highest BCUT2D eigenvalue weighted by Gasteiger charge is 2.37. The van der Waals surface area contributed by atoms with Gasteiger partial charge in [0, 0.05) is 23.3 Å². The molecule has 0 radical (unpaired) electrons. The maximum Gasteiger partial charge on any atom is 0.318 e. The largest absolute Gasteiger partial charge is 0.445 e. The minimum absolute atomic E-state index is 0.119. The van der Waals surface area contributed by atoms with Crippen molar-refractivity contribution >= 4 is 28.7 Å². The Bertz CT molecular complexity index is 1120. The third kappa shape index (κ3) is 3.89. The third-order valence-corrected chi connectivity index (χ3v) is 4.21. The van der Waals surface area contributed by atoms with E-state index in [-0.39, 0.29) is 5.76 Å². The average molecular weight is 377 g/mol. The molecule has 0 saturated carbocycles. The Morgan fingerprint density at radius 3 is 2.89 bits per heavy atom. The van der Waals surface area contributed by atoms with E-state index in [1.54, 1.807) is 30.6 Å². The molecule has 0 bridgehead atoms. The zero-order valence-corrected chi connectivity index (χ0v) is 14.9. The molecule has 4 rings (SSSR count). The summed E-state index contributed by atoms with van der Waals surface area (Å²) in [5.41, 5.74) is 7.33. The number of anilines is 1. The lowest BCUT2D eigenvalue weighted by Gasteiger charge is -2.09. The molecule has 0 fully saturated rings. The van der Waals surface area contributed by atoms with Gasteiger partial charge in [-0.2, -0.15) is 4.58 Å². The Morgan fingerprint density at radius 2 is 2.07 bits per heavy atom. The van der Waals surface area contributed by atoms with E-state index in [9.17, 15) is 9.18 Å². The quantitative estimate of drug-likeness (QED) is 0.393. The van der Waals surface area contributed by atoms with Crippen molar-refractivity contribution in [2.45, 2.75) is 0 Å². The molecule has 0 aliphatic carbocycles. The summed E-state index contributed by atoms with van der Waals surface area (Å²) in [5.74, 6) is -0.308.